The summed E-state index contributed by atoms with van der Waals surface area (Å²) in [7, 11) is 2.20. The molecule has 0 bridgehead atoms. The van der Waals surface area contributed by atoms with Crippen LogP contribution in [-0.4, -0.2) is 67.5 Å². The minimum atomic E-state index is -0.542. The van der Waals surface area contributed by atoms with Crippen molar-refractivity contribution >= 4 is 22.8 Å². The van der Waals surface area contributed by atoms with Crippen LogP contribution in [0.3, 0.4) is 0 Å². The second kappa shape index (κ2) is 9.67. The van der Waals surface area contributed by atoms with Gasteiger partial charge in [0.05, 0.1) is 11.7 Å². The SMILES string of the molecule is Cc1nc2c(F)cc(-c3cc(Nc4ncc(CN5CC6CN(C)C[C@H]6C5)cn4)ncc3F)cc2n1C(C)C. The van der Waals surface area contributed by atoms with Gasteiger partial charge in [0.25, 0.3) is 0 Å². The molecule has 2 fully saturated rings. The van der Waals surface area contributed by atoms with Gasteiger partial charge in [-0.15, -0.1) is 0 Å². The number of benzene rings is 1. The highest BCUT2D eigenvalue weighted by atomic mass is 19.1. The van der Waals surface area contributed by atoms with Gasteiger partial charge in [-0.3, -0.25) is 4.90 Å². The first-order valence-electron chi connectivity index (χ1n) is 13.1. The maximum absolute atomic E-state index is 15.0. The van der Waals surface area contributed by atoms with Gasteiger partial charge in [-0.1, -0.05) is 0 Å². The zero-order valence-corrected chi connectivity index (χ0v) is 22.1. The molecule has 8 nitrogen and oxygen atoms in total. The van der Waals surface area contributed by atoms with Gasteiger partial charge in [-0.2, -0.15) is 0 Å². The van der Waals surface area contributed by atoms with Crippen LogP contribution < -0.4 is 5.32 Å². The van der Waals surface area contributed by atoms with Gasteiger partial charge in [-0.25, -0.2) is 28.7 Å². The Morgan fingerprint density at radius 2 is 1.66 bits per heavy atom. The van der Waals surface area contributed by atoms with Crippen LogP contribution >= 0.6 is 0 Å². The van der Waals surface area contributed by atoms with Crippen molar-refractivity contribution in [2.75, 3.05) is 38.5 Å². The zero-order chi connectivity index (χ0) is 26.6. The molecular weight excluding hydrogens is 486 g/mol. The number of hydrogen-bond donors (Lipinski definition) is 1. The van der Waals surface area contributed by atoms with Gasteiger partial charge >= 0.3 is 0 Å². The van der Waals surface area contributed by atoms with E-state index in [1.54, 1.807) is 12.1 Å². The maximum atomic E-state index is 15.0. The Morgan fingerprint density at radius 3 is 2.34 bits per heavy atom. The number of hydrogen-bond acceptors (Lipinski definition) is 7. The molecular formula is C28H32F2N8. The summed E-state index contributed by atoms with van der Waals surface area (Å²) in [5, 5.41) is 3.05. The van der Waals surface area contributed by atoms with Crippen molar-refractivity contribution < 1.29 is 8.78 Å². The minimum Gasteiger partial charge on any atom is -0.326 e. The molecule has 2 atom stereocenters. The van der Waals surface area contributed by atoms with Crippen LogP contribution in [0.2, 0.25) is 0 Å². The fraction of sp³-hybridized carbons (Fsp3) is 0.429. The van der Waals surface area contributed by atoms with E-state index in [2.05, 4.69) is 42.1 Å². The van der Waals surface area contributed by atoms with Crippen molar-refractivity contribution in [3.8, 4) is 11.1 Å². The fourth-order valence-corrected chi connectivity index (χ4v) is 6.13. The summed E-state index contributed by atoms with van der Waals surface area (Å²) in [6, 6.07) is 4.73. The predicted molar refractivity (Wildman–Crippen MR) is 143 cm³/mol. The van der Waals surface area contributed by atoms with E-state index in [1.165, 1.54) is 19.2 Å². The van der Waals surface area contributed by atoms with Crippen LogP contribution in [0.25, 0.3) is 22.2 Å². The summed E-state index contributed by atoms with van der Waals surface area (Å²) < 4.78 is 31.8. The van der Waals surface area contributed by atoms with E-state index in [4.69, 9.17) is 0 Å². The average Bonchev–Trinajstić information content (AvgIpc) is 3.51. The summed E-state index contributed by atoms with van der Waals surface area (Å²) in [5.74, 6) is 1.94. The van der Waals surface area contributed by atoms with Crippen molar-refractivity contribution in [2.45, 2.75) is 33.4 Å². The maximum Gasteiger partial charge on any atom is 0.228 e. The molecule has 0 spiro atoms. The Labute approximate surface area is 220 Å². The molecule has 1 unspecified atom stereocenters. The molecule has 4 aromatic rings. The number of likely N-dealkylation sites (tertiary alicyclic amines) is 2. The van der Waals surface area contributed by atoms with Crippen LogP contribution in [-0.2, 0) is 6.54 Å². The molecule has 0 aliphatic carbocycles. The molecule has 2 saturated heterocycles. The van der Waals surface area contributed by atoms with Crippen molar-refractivity contribution in [2.24, 2.45) is 11.8 Å². The van der Waals surface area contributed by atoms with Crippen molar-refractivity contribution in [3.63, 3.8) is 0 Å². The quantitative estimate of drug-likeness (QED) is 0.393. The summed E-state index contributed by atoms with van der Waals surface area (Å²) in [5.41, 5.74) is 2.62. The third-order valence-corrected chi connectivity index (χ3v) is 7.70. The fourth-order valence-electron chi connectivity index (χ4n) is 6.13. The second-order valence-corrected chi connectivity index (χ2v) is 11.0. The monoisotopic (exact) mass is 518 g/mol. The summed E-state index contributed by atoms with van der Waals surface area (Å²) in [4.78, 5) is 22.3. The molecule has 10 heteroatoms. The first-order chi connectivity index (χ1) is 18.2. The van der Waals surface area contributed by atoms with E-state index in [-0.39, 0.29) is 17.1 Å². The Balaban J connectivity index is 1.20. The van der Waals surface area contributed by atoms with E-state index < -0.39 is 11.6 Å². The lowest BCUT2D eigenvalue weighted by molar-refractivity contribution is 0.271. The summed E-state index contributed by atoms with van der Waals surface area (Å²) in [6.45, 7) is 11.3. The first-order valence-corrected chi connectivity index (χ1v) is 13.1. The number of aromatic nitrogens is 5. The predicted octanol–water partition coefficient (Wildman–Crippen LogP) is 4.79. The highest BCUT2D eigenvalue weighted by Gasteiger charge is 2.38. The first kappa shape index (κ1) is 24.8. The number of halogens is 2. The van der Waals surface area contributed by atoms with Crippen molar-refractivity contribution in [1.29, 1.82) is 0 Å². The molecule has 1 N–H and O–H groups in total. The third kappa shape index (κ3) is 4.63. The van der Waals surface area contributed by atoms with Gasteiger partial charge in [0.1, 0.15) is 23.0 Å². The molecule has 6 rings (SSSR count). The molecule has 0 amide bonds. The normalized spacial score (nSPS) is 20.1. The Kier molecular flexibility index (Phi) is 6.31. The Hall–Kier alpha value is -3.50. The highest BCUT2D eigenvalue weighted by molar-refractivity contribution is 5.84. The van der Waals surface area contributed by atoms with Gasteiger partial charge in [0.15, 0.2) is 5.82 Å². The van der Waals surface area contributed by atoms with Crippen LogP contribution in [0.15, 0.2) is 36.8 Å². The second-order valence-electron chi connectivity index (χ2n) is 11.0. The lowest BCUT2D eigenvalue weighted by Crippen LogP contribution is -2.26. The number of nitrogens with zero attached hydrogens (tertiary/aromatic N) is 7. The Bertz CT molecular complexity index is 1470. The molecule has 2 aliphatic rings. The zero-order valence-electron chi connectivity index (χ0n) is 22.1. The topological polar surface area (TPSA) is 75.0 Å². The lowest BCUT2D eigenvalue weighted by atomic mass is 10.0. The van der Waals surface area contributed by atoms with E-state index in [9.17, 15) is 8.78 Å². The third-order valence-electron chi connectivity index (χ3n) is 7.70. The number of anilines is 2. The number of aryl methyl sites for hydroxylation is 1. The largest absolute Gasteiger partial charge is 0.326 e. The summed E-state index contributed by atoms with van der Waals surface area (Å²) >= 11 is 0. The Morgan fingerprint density at radius 1 is 0.947 bits per heavy atom. The van der Waals surface area contributed by atoms with Crippen LogP contribution in [0, 0.1) is 30.4 Å². The van der Waals surface area contributed by atoms with E-state index in [1.807, 2.05) is 37.7 Å². The van der Waals surface area contributed by atoms with Crippen LogP contribution in [0.5, 0.6) is 0 Å². The van der Waals surface area contributed by atoms with Crippen LogP contribution in [0.1, 0.15) is 31.3 Å². The number of nitrogens with one attached hydrogen (secondary N) is 1. The van der Waals surface area contributed by atoms with Crippen LogP contribution in [0.4, 0.5) is 20.5 Å². The molecule has 2 aliphatic heterocycles. The van der Waals surface area contributed by atoms with Crippen molar-refractivity contribution in [1.82, 2.24) is 34.3 Å². The molecule has 38 heavy (non-hydrogen) atoms. The van der Waals surface area contributed by atoms with Gasteiger partial charge in [0, 0.05) is 62.3 Å². The van der Waals surface area contributed by atoms with E-state index >= 15 is 0 Å². The molecule has 1 aromatic carbocycles. The molecule has 3 aromatic heterocycles. The van der Waals surface area contributed by atoms with Gasteiger partial charge in [-0.05, 0) is 63.4 Å². The van der Waals surface area contributed by atoms with E-state index in [0.717, 1.165) is 43.2 Å². The van der Waals surface area contributed by atoms with E-state index in [0.29, 0.717) is 28.7 Å². The number of imidazole rings is 1. The molecule has 0 saturated carbocycles. The molecule has 198 valence electrons. The minimum absolute atomic E-state index is 0.0843. The van der Waals surface area contributed by atoms with Gasteiger partial charge in [0.2, 0.25) is 5.95 Å². The average molecular weight is 519 g/mol. The number of rotatable bonds is 6. The standard InChI is InChI=1S/C28H32F2N8/c1-16(2)38-17(3)34-27-23(29)5-19(6-25(27)38)22-7-26(31-10-24(22)30)35-28-32-8-18(9-33-28)11-37-14-20-12-36(4)13-21(20)15-37/h5-10,16,20-21H,11-15H2,1-4H3,(H,31,32,33,35)/t20-,21?/m0/s1. The molecule has 5 heterocycles. The number of pyridine rings is 1. The molecule has 0 radical (unpaired) electrons. The highest BCUT2D eigenvalue weighted by Crippen LogP contribution is 2.33. The van der Waals surface area contributed by atoms with Crippen molar-refractivity contribution in [3.05, 3.63) is 59.8 Å². The smallest absolute Gasteiger partial charge is 0.228 e. The van der Waals surface area contributed by atoms with Gasteiger partial charge < -0.3 is 14.8 Å². The summed E-state index contributed by atoms with van der Waals surface area (Å²) in [6.07, 6.45) is 4.76. The lowest BCUT2D eigenvalue weighted by Gasteiger charge is -2.18. The number of fused-ring (bicyclic) bond motifs is 2.